The average molecular weight is 240 g/mol. The van der Waals surface area contributed by atoms with Crippen molar-refractivity contribution in [2.24, 2.45) is 5.73 Å². The zero-order valence-corrected chi connectivity index (χ0v) is 10.6. The Balaban J connectivity index is 2.73. The first-order valence-corrected chi connectivity index (χ1v) is 6.64. The minimum Gasteiger partial charge on any atom is -0.387 e. The van der Waals surface area contributed by atoms with E-state index in [1.54, 1.807) is 11.8 Å². The summed E-state index contributed by atoms with van der Waals surface area (Å²) >= 11 is 1.70. The lowest BCUT2D eigenvalue weighted by molar-refractivity contribution is 0.129. The Morgan fingerprint density at radius 2 is 2.00 bits per heavy atom. The lowest BCUT2D eigenvalue weighted by Gasteiger charge is -2.22. The van der Waals surface area contributed by atoms with Crippen LogP contribution in [0.3, 0.4) is 0 Å². The van der Waals surface area contributed by atoms with Gasteiger partial charge in [0.25, 0.3) is 0 Å². The van der Waals surface area contributed by atoms with Gasteiger partial charge in [-0.1, -0.05) is 12.1 Å². The standard InChI is InChI=1S/C12H20N2OS/c1-14-11(7-8-13)12(15)9-3-5-10(16-2)6-4-9/h3-6,11-12,14-15H,7-8,13H2,1-2H3. The van der Waals surface area contributed by atoms with Gasteiger partial charge in [-0.05, 0) is 44.0 Å². The van der Waals surface area contributed by atoms with Gasteiger partial charge in [0.05, 0.1) is 6.10 Å². The molecule has 0 bridgehead atoms. The molecule has 4 heteroatoms. The van der Waals surface area contributed by atoms with Gasteiger partial charge in [-0.3, -0.25) is 0 Å². The van der Waals surface area contributed by atoms with Crippen molar-refractivity contribution in [1.29, 1.82) is 0 Å². The van der Waals surface area contributed by atoms with E-state index in [1.165, 1.54) is 4.90 Å². The highest BCUT2D eigenvalue weighted by Crippen LogP contribution is 2.22. The molecule has 0 aliphatic carbocycles. The van der Waals surface area contributed by atoms with E-state index >= 15 is 0 Å². The maximum absolute atomic E-state index is 10.2. The van der Waals surface area contributed by atoms with Crippen LogP contribution >= 0.6 is 11.8 Å². The summed E-state index contributed by atoms with van der Waals surface area (Å²) < 4.78 is 0. The summed E-state index contributed by atoms with van der Waals surface area (Å²) in [4.78, 5) is 1.20. The van der Waals surface area contributed by atoms with Gasteiger partial charge in [-0.2, -0.15) is 0 Å². The Morgan fingerprint density at radius 3 is 2.44 bits per heavy atom. The van der Waals surface area contributed by atoms with Crippen LogP contribution in [0.1, 0.15) is 18.1 Å². The van der Waals surface area contributed by atoms with Crippen LogP contribution in [0.2, 0.25) is 0 Å². The summed E-state index contributed by atoms with van der Waals surface area (Å²) in [6.07, 6.45) is 2.31. The topological polar surface area (TPSA) is 58.3 Å². The minimum atomic E-state index is -0.496. The predicted octanol–water partition coefficient (Wildman–Crippen LogP) is 1.38. The van der Waals surface area contributed by atoms with Crippen molar-refractivity contribution in [3.63, 3.8) is 0 Å². The maximum Gasteiger partial charge on any atom is 0.0943 e. The van der Waals surface area contributed by atoms with Crippen LogP contribution in [0.25, 0.3) is 0 Å². The van der Waals surface area contributed by atoms with Crippen LogP contribution in [0.4, 0.5) is 0 Å². The average Bonchev–Trinajstić information content (AvgIpc) is 2.35. The van der Waals surface area contributed by atoms with Crippen LogP contribution < -0.4 is 11.1 Å². The van der Waals surface area contributed by atoms with Crippen LogP contribution in [-0.4, -0.2) is 31.0 Å². The van der Waals surface area contributed by atoms with Crippen molar-refractivity contribution in [2.45, 2.75) is 23.5 Å². The fourth-order valence-electron chi connectivity index (χ4n) is 1.67. The number of nitrogens with two attached hydrogens (primary N) is 1. The van der Waals surface area contributed by atoms with E-state index in [0.717, 1.165) is 12.0 Å². The first-order chi connectivity index (χ1) is 7.72. The van der Waals surface area contributed by atoms with E-state index in [4.69, 9.17) is 5.73 Å². The Kier molecular flexibility index (Phi) is 5.84. The first kappa shape index (κ1) is 13.5. The van der Waals surface area contributed by atoms with Gasteiger partial charge in [0, 0.05) is 10.9 Å². The van der Waals surface area contributed by atoms with Crippen molar-refractivity contribution in [1.82, 2.24) is 5.32 Å². The molecular weight excluding hydrogens is 220 g/mol. The van der Waals surface area contributed by atoms with Gasteiger partial charge in [0.1, 0.15) is 0 Å². The van der Waals surface area contributed by atoms with Gasteiger partial charge in [-0.25, -0.2) is 0 Å². The molecule has 16 heavy (non-hydrogen) atoms. The Labute approximate surface area is 101 Å². The second-order valence-corrected chi connectivity index (χ2v) is 4.57. The second kappa shape index (κ2) is 6.91. The molecule has 1 rings (SSSR count). The number of benzene rings is 1. The molecule has 2 atom stereocenters. The third-order valence-corrected chi connectivity index (χ3v) is 3.43. The Hall–Kier alpha value is -0.550. The van der Waals surface area contributed by atoms with E-state index in [-0.39, 0.29) is 6.04 Å². The smallest absolute Gasteiger partial charge is 0.0943 e. The van der Waals surface area contributed by atoms with Crippen LogP contribution in [-0.2, 0) is 0 Å². The molecule has 2 unspecified atom stereocenters. The van der Waals surface area contributed by atoms with Crippen molar-refractivity contribution in [3.05, 3.63) is 29.8 Å². The van der Waals surface area contributed by atoms with Crippen molar-refractivity contribution in [3.8, 4) is 0 Å². The third-order valence-electron chi connectivity index (χ3n) is 2.69. The maximum atomic E-state index is 10.2. The molecule has 90 valence electrons. The SMILES string of the molecule is CNC(CCN)C(O)c1ccc(SC)cc1. The Morgan fingerprint density at radius 1 is 1.38 bits per heavy atom. The molecule has 0 spiro atoms. The van der Waals surface area contributed by atoms with E-state index in [1.807, 2.05) is 37.6 Å². The van der Waals surface area contributed by atoms with Crippen LogP contribution in [0.5, 0.6) is 0 Å². The fraction of sp³-hybridized carbons (Fsp3) is 0.500. The minimum absolute atomic E-state index is 0.0186. The zero-order chi connectivity index (χ0) is 12.0. The summed E-state index contributed by atoms with van der Waals surface area (Å²) in [5.74, 6) is 0. The summed E-state index contributed by atoms with van der Waals surface area (Å²) in [6, 6.07) is 8.01. The molecule has 3 nitrogen and oxygen atoms in total. The second-order valence-electron chi connectivity index (χ2n) is 3.69. The number of nitrogens with one attached hydrogen (secondary N) is 1. The van der Waals surface area contributed by atoms with Gasteiger partial charge in [0.15, 0.2) is 0 Å². The number of hydrogen-bond acceptors (Lipinski definition) is 4. The molecule has 0 saturated heterocycles. The van der Waals surface area contributed by atoms with E-state index in [9.17, 15) is 5.11 Å². The molecule has 4 N–H and O–H groups in total. The number of thioether (sulfide) groups is 1. The molecule has 0 aliphatic rings. The quantitative estimate of drug-likeness (QED) is 0.658. The number of rotatable bonds is 6. The van der Waals surface area contributed by atoms with Crippen molar-refractivity contribution >= 4 is 11.8 Å². The largest absolute Gasteiger partial charge is 0.387 e. The first-order valence-electron chi connectivity index (χ1n) is 5.42. The molecule has 0 saturated carbocycles. The molecule has 0 aromatic heterocycles. The Bertz CT molecular complexity index is 302. The van der Waals surface area contributed by atoms with E-state index in [2.05, 4.69) is 5.32 Å². The molecule has 0 radical (unpaired) electrons. The predicted molar refractivity (Wildman–Crippen MR) is 69.7 cm³/mol. The lowest BCUT2D eigenvalue weighted by atomic mass is 10.00. The summed E-state index contributed by atoms with van der Waals surface area (Å²) in [7, 11) is 1.85. The number of aliphatic hydroxyl groups excluding tert-OH is 1. The summed E-state index contributed by atoms with van der Waals surface area (Å²) in [6.45, 7) is 0.575. The van der Waals surface area contributed by atoms with Crippen LogP contribution in [0, 0.1) is 0 Å². The zero-order valence-electron chi connectivity index (χ0n) is 9.81. The van der Waals surface area contributed by atoms with Crippen molar-refractivity contribution in [2.75, 3.05) is 19.8 Å². The monoisotopic (exact) mass is 240 g/mol. The molecule has 0 amide bonds. The lowest BCUT2D eigenvalue weighted by Crippen LogP contribution is -2.34. The number of aliphatic hydroxyl groups is 1. The highest BCUT2D eigenvalue weighted by molar-refractivity contribution is 7.98. The van der Waals surface area contributed by atoms with Crippen LogP contribution in [0.15, 0.2) is 29.2 Å². The molecule has 0 aliphatic heterocycles. The highest BCUT2D eigenvalue weighted by Gasteiger charge is 2.18. The highest BCUT2D eigenvalue weighted by atomic mass is 32.2. The molecular formula is C12H20N2OS. The third kappa shape index (κ3) is 3.49. The van der Waals surface area contributed by atoms with Crippen molar-refractivity contribution < 1.29 is 5.11 Å². The van der Waals surface area contributed by atoms with Gasteiger partial charge in [-0.15, -0.1) is 11.8 Å². The number of hydrogen-bond donors (Lipinski definition) is 3. The molecule has 1 aromatic rings. The van der Waals surface area contributed by atoms with Gasteiger partial charge in [0.2, 0.25) is 0 Å². The fourth-order valence-corrected chi connectivity index (χ4v) is 2.08. The number of likely N-dealkylation sites (N-methyl/N-ethyl adjacent to an activating group) is 1. The van der Waals surface area contributed by atoms with E-state index < -0.39 is 6.10 Å². The summed E-state index contributed by atoms with van der Waals surface area (Å²) in [5.41, 5.74) is 6.45. The van der Waals surface area contributed by atoms with E-state index in [0.29, 0.717) is 6.54 Å². The molecule has 0 fully saturated rings. The van der Waals surface area contributed by atoms with Gasteiger partial charge >= 0.3 is 0 Å². The molecule has 1 aromatic carbocycles. The molecule has 0 heterocycles. The normalized spacial score (nSPS) is 14.8. The summed E-state index contributed by atoms with van der Waals surface area (Å²) in [5, 5.41) is 13.2. The van der Waals surface area contributed by atoms with Gasteiger partial charge < -0.3 is 16.2 Å².